The SMILES string of the molecule is CCCC(=O)N1CC2C=CC=C(C2)Nc2ncc(Cl)c(n2)Nc2cccc1c2. The van der Waals surface area contributed by atoms with E-state index >= 15 is 0 Å². The molecule has 2 N–H and O–H groups in total. The summed E-state index contributed by atoms with van der Waals surface area (Å²) < 4.78 is 0. The first-order chi connectivity index (χ1) is 13.6. The lowest BCUT2D eigenvalue weighted by atomic mass is 9.97. The van der Waals surface area contributed by atoms with E-state index in [4.69, 9.17) is 11.6 Å². The molecular formula is C21H22ClN5O. The molecule has 0 radical (unpaired) electrons. The van der Waals surface area contributed by atoms with Crippen LogP contribution in [0.1, 0.15) is 26.2 Å². The van der Waals surface area contributed by atoms with Crippen LogP contribution in [0.2, 0.25) is 5.02 Å². The first kappa shape index (κ1) is 18.5. The third-order valence-electron chi connectivity index (χ3n) is 4.78. The van der Waals surface area contributed by atoms with Gasteiger partial charge in [-0.15, -0.1) is 0 Å². The van der Waals surface area contributed by atoms with E-state index in [0.29, 0.717) is 29.8 Å². The average Bonchev–Trinajstić information content (AvgIpc) is 2.69. The number of halogens is 1. The second-order valence-corrected chi connectivity index (χ2v) is 7.39. The Kier molecular flexibility index (Phi) is 5.30. The predicted octanol–water partition coefficient (Wildman–Crippen LogP) is 4.89. The van der Waals surface area contributed by atoms with Crippen molar-refractivity contribution < 1.29 is 4.79 Å². The molecule has 4 rings (SSSR count). The van der Waals surface area contributed by atoms with E-state index in [2.05, 4.69) is 26.7 Å². The highest BCUT2D eigenvalue weighted by Gasteiger charge is 2.22. The number of hydrogen-bond acceptors (Lipinski definition) is 5. The van der Waals surface area contributed by atoms with Crippen molar-refractivity contribution in [2.45, 2.75) is 26.2 Å². The van der Waals surface area contributed by atoms with Crippen LogP contribution in [0.5, 0.6) is 0 Å². The second-order valence-electron chi connectivity index (χ2n) is 6.99. The minimum Gasteiger partial charge on any atom is -0.339 e. The number of hydrogen-bond donors (Lipinski definition) is 2. The summed E-state index contributed by atoms with van der Waals surface area (Å²) >= 11 is 6.29. The van der Waals surface area contributed by atoms with E-state index in [1.54, 1.807) is 6.20 Å². The number of aromatic nitrogens is 2. The summed E-state index contributed by atoms with van der Waals surface area (Å²) in [6.07, 6.45) is 9.87. The molecular weight excluding hydrogens is 374 g/mol. The Morgan fingerprint density at radius 3 is 3.11 bits per heavy atom. The molecule has 1 aliphatic heterocycles. The van der Waals surface area contributed by atoms with Crippen LogP contribution in [0.15, 0.2) is 54.4 Å². The number of nitrogens with zero attached hydrogens (tertiary/aromatic N) is 3. The Balaban J connectivity index is 1.78. The van der Waals surface area contributed by atoms with E-state index in [0.717, 1.165) is 29.9 Å². The van der Waals surface area contributed by atoms with Crippen LogP contribution < -0.4 is 15.5 Å². The first-order valence-electron chi connectivity index (χ1n) is 9.46. The largest absolute Gasteiger partial charge is 0.339 e. The number of amides is 1. The standard InChI is InChI=1S/C21H22ClN5O/c1-2-5-19(28)27-13-14-6-3-7-15(10-14)25-21-23-12-18(22)20(26-21)24-16-8-4-9-17(27)11-16/h3-4,6-9,11-12,14H,2,5,10,13H2,1H3,(H2,23,24,25,26). The summed E-state index contributed by atoms with van der Waals surface area (Å²) in [5.41, 5.74) is 2.69. The van der Waals surface area contributed by atoms with E-state index in [1.165, 1.54) is 0 Å². The van der Waals surface area contributed by atoms with E-state index in [9.17, 15) is 4.79 Å². The van der Waals surface area contributed by atoms with E-state index in [1.807, 2.05) is 48.2 Å². The number of carbonyl (C=O) groups is 1. The van der Waals surface area contributed by atoms with Crippen LogP contribution >= 0.6 is 11.6 Å². The number of benzene rings is 1. The third-order valence-corrected chi connectivity index (χ3v) is 5.06. The Bertz CT molecular complexity index is 956. The molecule has 1 atom stereocenters. The summed E-state index contributed by atoms with van der Waals surface area (Å²) in [6.45, 7) is 2.65. The van der Waals surface area contributed by atoms with Crippen molar-refractivity contribution in [1.29, 1.82) is 0 Å². The van der Waals surface area contributed by atoms with E-state index < -0.39 is 0 Å². The van der Waals surface area contributed by atoms with Crippen molar-refractivity contribution in [3.63, 3.8) is 0 Å². The summed E-state index contributed by atoms with van der Waals surface area (Å²) in [6, 6.07) is 7.78. The number of rotatable bonds is 2. The van der Waals surface area contributed by atoms with Gasteiger partial charge in [0.1, 0.15) is 5.02 Å². The quantitative estimate of drug-likeness (QED) is 0.757. The molecule has 7 heteroatoms. The molecule has 6 nitrogen and oxygen atoms in total. The van der Waals surface area contributed by atoms with Gasteiger partial charge in [-0.3, -0.25) is 4.79 Å². The molecule has 0 fully saturated rings. The highest BCUT2D eigenvalue weighted by Crippen LogP contribution is 2.30. The van der Waals surface area contributed by atoms with Gasteiger partial charge in [0.05, 0.1) is 6.20 Å². The maximum atomic E-state index is 12.9. The Hall–Kier alpha value is -2.86. The lowest BCUT2D eigenvalue weighted by molar-refractivity contribution is -0.118. The Morgan fingerprint density at radius 2 is 2.25 bits per heavy atom. The van der Waals surface area contributed by atoms with Crippen LogP contribution in [0, 0.1) is 5.92 Å². The van der Waals surface area contributed by atoms with Crippen molar-refractivity contribution in [2.75, 3.05) is 22.1 Å². The van der Waals surface area contributed by atoms with Gasteiger partial charge in [-0.1, -0.05) is 36.7 Å². The molecule has 28 heavy (non-hydrogen) atoms. The lowest BCUT2D eigenvalue weighted by Crippen LogP contribution is -2.35. The summed E-state index contributed by atoms with van der Waals surface area (Å²) in [7, 11) is 0. The van der Waals surface area contributed by atoms with Gasteiger partial charge in [0.15, 0.2) is 5.82 Å². The highest BCUT2D eigenvalue weighted by molar-refractivity contribution is 6.32. The van der Waals surface area contributed by atoms with Crippen LogP contribution in [-0.4, -0.2) is 22.4 Å². The van der Waals surface area contributed by atoms with Gasteiger partial charge >= 0.3 is 0 Å². The second kappa shape index (κ2) is 8.02. The zero-order chi connectivity index (χ0) is 19.5. The number of anilines is 4. The number of allylic oxidation sites excluding steroid dienone is 3. The molecule has 2 heterocycles. The minimum atomic E-state index is 0.130. The van der Waals surface area contributed by atoms with Gasteiger partial charge in [0.2, 0.25) is 11.9 Å². The normalized spacial score (nSPS) is 18.0. The number of fused-ring (bicyclic) bond motifs is 6. The predicted molar refractivity (Wildman–Crippen MR) is 113 cm³/mol. The van der Waals surface area contributed by atoms with Crippen molar-refractivity contribution >= 4 is 40.6 Å². The van der Waals surface area contributed by atoms with Crippen molar-refractivity contribution in [3.8, 4) is 0 Å². The van der Waals surface area contributed by atoms with Crippen LogP contribution in [0.25, 0.3) is 0 Å². The topological polar surface area (TPSA) is 70.2 Å². The van der Waals surface area contributed by atoms with Gasteiger partial charge in [0.25, 0.3) is 0 Å². The van der Waals surface area contributed by atoms with Crippen molar-refractivity contribution in [3.05, 3.63) is 59.4 Å². The fraction of sp³-hybridized carbons (Fsp3) is 0.286. The molecule has 144 valence electrons. The Morgan fingerprint density at radius 1 is 1.36 bits per heavy atom. The van der Waals surface area contributed by atoms with Crippen LogP contribution in [0.4, 0.5) is 23.1 Å². The molecule has 0 saturated carbocycles. The van der Waals surface area contributed by atoms with Gasteiger partial charge < -0.3 is 15.5 Å². The smallest absolute Gasteiger partial charge is 0.228 e. The van der Waals surface area contributed by atoms with Crippen molar-refractivity contribution in [2.24, 2.45) is 5.92 Å². The monoisotopic (exact) mass is 395 g/mol. The summed E-state index contributed by atoms with van der Waals surface area (Å²) in [5, 5.41) is 6.95. The van der Waals surface area contributed by atoms with Gasteiger partial charge in [-0.25, -0.2) is 4.98 Å². The van der Waals surface area contributed by atoms with Crippen molar-refractivity contribution in [1.82, 2.24) is 9.97 Å². The Labute approximate surface area is 169 Å². The molecule has 1 amide bonds. The zero-order valence-electron chi connectivity index (χ0n) is 15.7. The van der Waals surface area contributed by atoms with E-state index in [-0.39, 0.29) is 11.8 Å². The molecule has 1 aromatic carbocycles. The fourth-order valence-electron chi connectivity index (χ4n) is 3.45. The molecule has 2 aliphatic rings. The van der Waals surface area contributed by atoms with Gasteiger partial charge in [0, 0.05) is 36.0 Å². The van der Waals surface area contributed by atoms with Crippen LogP contribution in [-0.2, 0) is 4.79 Å². The fourth-order valence-corrected chi connectivity index (χ4v) is 3.59. The van der Waals surface area contributed by atoms with Gasteiger partial charge in [-0.05, 0) is 37.1 Å². The molecule has 2 aromatic rings. The maximum absolute atomic E-state index is 12.9. The molecule has 1 unspecified atom stereocenters. The third kappa shape index (κ3) is 4.02. The first-order valence-corrected chi connectivity index (χ1v) is 9.84. The average molecular weight is 396 g/mol. The number of nitrogens with one attached hydrogen (secondary N) is 2. The summed E-state index contributed by atoms with van der Waals surface area (Å²) in [4.78, 5) is 23.5. The highest BCUT2D eigenvalue weighted by atomic mass is 35.5. The zero-order valence-corrected chi connectivity index (χ0v) is 16.4. The molecule has 0 spiro atoms. The molecule has 1 aliphatic carbocycles. The molecule has 6 bridgehead atoms. The minimum absolute atomic E-state index is 0.130. The van der Waals surface area contributed by atoms with Crippen LogP contribution in [0.3, 0.4) is 0 Å². The number of carbonyl (C=O) groups excluding carboxylic acids is 1. The molecule has 0 saturated heterocycles. The van der Waals surface area contributed by atoms with Gasteiger partial charge in [-0.2, -0.15) is 4.98 Å². The lowest BCUT2D eigenvalue weighted by Gasteiger charge is -2.28. The summed E-state index contributed by atoms with van der Waals surface area (Å²) in [5.74, 6) is 1.34. The maximum Gasteiger partial charge on any atom is 0.228 e. The molecule has 1 aromatic heterocycles.